The average Bonchev–Trinajstić information content (AvgIpc) is 3.34. The lowest BCUT2D eigenvalue weighted by atomic mass is 10.0. The van der Waals surface area contributed by atoms with Crippen LogP contribution in [0, 0.1) is 0 Å². The molecule has 1 amide bonds. The van der Waals surface area contributed by atoms with Crippen molar-refractivity contribution in [2.45, 2.75) is 25.9 Å². The Morgan fingerprint density at radius 3 is 2.52 bits per heavy atom. The van der Waals surface area contributed by atoms with E-state index in [1.54, 1.807) is 19.1 Å². The fraction of sp³-hybridized carbons (Fsp3) is 0.478. The van der Waals surface area contributed by atoms with Crippen molar-refractivity contribution < 1.29 is 14.3 Å². The first-order valence-electron chi connectivity index (χ1n) is 10.9. The molecule has 1 atom stereocenters. The van der Waals surface area contributed by atoms with E-state index < -0.39 is 5.60 Å². The molecule has 3 N–H and O–H groups in total. The molecule has 1 aliphatic rings. The third kappa shape index (κ3) is 6.49. The number of aliphatic hydroxyl groups is 1. The fourth-order valence-electron chi connectivity index (χ4n) is 3.54. The summed E-state index contributed by atoms with van der Waals surface area (Å²) in [4.78, 5) is 21.3. The van der Waals surface area contributed by atoms with Gasteiger partial charge in [-0.25, -0.2) is 4.99 Å². The maximum atomic E-state index is 12.6. The van der Waals surface area contributed by atoms with Crippen molar-refractivity contribution in [3.05, 3.63) is 54.5 Å². The third-order valence-corrected chi connectivity index (χ3v) is 5.33. The van der Waals surface area contributed by atoms with Gasteiger partial charge in [0.25, 0.3) is 0 Å². The van der Waals surface area contributed by atoms with Gasteiger partial charge in [-0.3, -0.25) is 4.79 Å². The van der Waals surface area contributed by atoms with E-state index in [4.69, 9.17) is 4.42 Å². The molecular formula is C23H33N5O3. The highest BCUT2D eigenvalue weighted by Gasteiger charge is 2.26. The molecule has 168 valence electrons. The van der Waals surface area contributed by atoms with Crippen LogP contribution in [-0.4, -0.2) is 67.7 Å². The van der Waals surface area contributed by atoms with Crippen LogP contribution in [0.25, 0.3) is 0 Å². The molecule has 1 unspecified atom stereocenters. The standard InChI is InChI=1S/C23H33N5O3/c1-3-24-22(26-18-23(2,30)20-10-7-17-31-20)25-12-11-21(29)28-15-13-27(14-16-28)19-8-5-4-6-9-19/h4-10,17,30H,3,11-16,18H2,1-2H3,(H2,24,25,26). The summed E-state index contributed by atoms with van der Waals surface area (Å²) in [6, 6.07) is 13.8. The fourth-order valence-corrected chi connectivity index (χ4v) is 3.54. The Morgan fingerprint density at radius 2 is 1.87 bits per heavy atom. The quantitative estimate of drug-likeness (QED) is 0.439. The van der Waals surface area contributed by atoms with Crippen LogP contribution in [0.2, 0.25) is 0 Å². The van der Waals surface area contributed by atoms with E-state index in [1.807, 2.05) is 30.0 Å². The van der Waals surface area contributed by atoms with Crippen LogP contribution in [0.15, 0.2) is 58.1 Å². The number of anilines is 1. The van der Waals surface area contributed by atoms with E-state index in [-0.39, 0.29) is 12.5 Å². The van der Waals surface area contributed by atoms with E-state index in [1.165, 1.54) is 12.0 Å². The second-order valence-corrected chi connectivity index (χ2v) is 7.83. The zero-order valence-electron chi connectivity index (χ0n) is 18.4. The lowest BCUT2D eigenvalue weighted by Gasteiger charge is -2.36. The number of rotatable bonds is 8. The van der Waals surface area contributed by atoms with Gasteiger partial charge in [0.15, 0.2) is 5.96 Å². The number of nitrogens with zero attached hydrogens (tertiary/aromatic N) is 3. The number of benzene rings is 1. The minimum absolute atomic E-state index is 0.138. The monoisotopic (exact) mass is 427 g/mol. The Kier molecular flexibility index (Phi) is 7.94. The van der Waals surface area contributed by atoms with Crippen molar-refractivity contribution in [3.8, 4) is 0 Å². The predicted octanol–water partition coefficient (Wildman–Crippen LogP) is 1.78. The van der Waals surface area contributed by atoms with Gasteiger partial charge in [-0.05, 0) is 38.1 Å². The number of amides is 1. The predicted molar refractivity (Wildman–Crippen MR) is 122 cm³/mol. The third-order valence-electron chi connectivity index (χ3n) is 5.33. The molecular weight excluding hydrogens is 394 g/mol. The number of carbonyl (C=O) groups excluding carboxylic acids is 1. The van der Waals surface area contributed by atoms with Crippen molar-refractivity contribution in [3.63, 3.8) is 0 Å². The van der Waals surface area contributed by atoms with Gasteiger partial charge in [0.05, 0.1) is 12.8 Å². The highest BCUT2D eigenvalue weighted by molar-refractivity contribution is 5.81. The molecule has 1 fully saturated rings. The van der Waals surface area contributed by atoms with E-state index in [0.29, 0.717) is 31.2 Å². The first-order chi connectivity index (χ1) is 15.0. The Bertz CT molecular complexity index is 828. The lowest BCUT2D eigenvalue weighted by molar-refractivity contribution is -0.131. The SMILES string of the molecule is CCNC(=NCC(C)(O)c1ccco1)NCCC(=O)N1CCN(c2ccccc2)CC1. The van der Waals surface area contributed by atoms with Crippen molar-refractivity contribution in [2.75, 3.05) is 50.7 Å². The largest absolute Gasteiger partial charge is 0.466 e. The summed E-state index contributed by atoms with van der Waals surface area (Å²) in [6.07, 6.45) is 1.92. The van der Waals surface area contributed by atoms with Gasteiger partial charge in [0.1, 0.15) is 11.4 Å². The number of hydrogen-bond acceptors (Lipinski definition) is 5. The van der Waals surface area contributed by atoms with E-state index >= 15 is 0 Å². The average molecular weight is 428 g/mol. The molecule has 8 nitrogen and oxygen atoms in total. The van der Waals surface area contributed by atoms with Gasteiger partial charge >= 0.3 is 0 Å². The second-order valence-electron chi connectivity index (χ2n) is 7.83. The van der Waals surface area contributed by atoms with E-state index in [0.717, 1.165) is 26.2 Å². The Hall–Kier alpha value is -3.00. The molecule has 0 spiro atoms. The van der Waals surface area contributed by atoms with Crippen molar-refractivity contribution in [2.24, 2.45) is 4.99 Å². The van der Waals surface area contributed by atoms with Crippen LogP contribution in [0.3, 0.4) is 0 Å². The Morgan fingerprint density at radius 1 is 1.13 bits per heavy atom. The molecule has 1 aliphatic heterocycles. The second kappa shape index (κ2) is 10.9. The van der Waals surface area contributed by atoms with Crippen LogP contribution in [-0.2, 0) is 10.4 Å². The summed E-state index contributed by atoms with van der Waals surface area (Å²) in [5, 5.41) is 16.9. The molecule has 0 bridgehead atoms. The molecule has 1 aromatic carbocycles. The highest BCUT2D eigenvalue weighted by Crippen LogP contribution is 2.21. The molecule has 8 heteroatoms. The number of para-hydroxylation sites is 1. The maximum absolute atomic E-state index is 12.6. The number of carbonyl (C=O) groups is 1. The zero-order chi connectivity index (χ0) is 22.1. The molecule has 1 aromatic heterocycles. The van der Waals surface area contributed by atoms with Gasteiger partial charge in [0.2, 0.25) is 5.91 Å². The lowest BCUT2D eigenvalue weighted by Crippen LogP contribution is -2.49. The first kappa shape index (κ1) is 22.7. The van der Waals surface area contributed by atoms with Crippen LogP contribution in [0.4, 0.5) is 5.69 Å². The molecule has 2 heterocycles. The summed E-state index contributed by atoms with van der Waals surface area (Å²) >= 11 is 0. The normalized spacial score (nSPS) is 16.7. The van der Waals surface area contributed by atoms with Gasteiger partial charge in [-0.15, -0.1) is 0 Å². The van der Waals surface area contributed by atoms with Gasteiger partial charge in [-0.2, -0.15) is 0 Å². The van der Waals surface area contributed by atoms with Crippen LogP contribution in [0.5, 0.6) is 0 Å². The number of furan rings is 1. The van der Waals surface area contributed by atoms with Crippen LogP contribution in [0.1, 0.15) is 26.0 Å². The molecule has 0 saturated carbocycles. The molecule has 3 rings (SSSR count). The van der Waals surface area contributed by atoms with E-state index in [2.05, 4.69) is 32.7 Å². The van der Waals surface area contributed by atoms with Crippen LogP contribution < -0.4 is 15.5 Å². The highest BCUT2D eigenvalue weighted by atomic mass is 16.4. The first-order valence-corrected chi connectivity index (χ1v) is 10.9. The van der Waals surface area contributed by atoms with Crippen molar-refractivity contribution >= 4 is 17.6 Å². The van der Waals surface area contributed by atoms with Gasteiger partial charge in [-0.1, -0.05) is 18.2 Å². The molecule has 0 aliphatic carbocycles. The number of aliphatic imine (C=N–C) groups is 1. The minimum Gasteiger partial charge on any atom is -0.466 e. The van der Waals surface area contributed by atoms with Crippen molar-refractivity contribution in [1.29, 1.82) is 0 Å². The van der Waals surface area contributed by atoms with Gasteiger partial charge < -0.3 is 30.0 Å². The number of guanidine groups is 1. The minimum atomic E-state index is -1.19. The Labute approximate surface area is 183 Å². The van der Waals surface area contributed by atoms with Crippen LogP contribution >= 0.6 is 0 Å². The Balaban J connectivity index is 1.43. The van der Waals surface area contributed by atoms with Crippen molar-refractivity contribution in [1.82, 2.24) is 15.5 Å². The zero-order valence-corrected chi connectivity index (χ0v) is 18.4. The summed E-state index contributed by atoms with van der Waals surface area (Å²) in [7, 11) is 0. The topological polar surface area (TPSA) is 93.3 Å². The van der Waals surface area contributed by atoms with Gasteiger partial charge in [0, 0.05) is 51.4 Å². The summed E-state index contributed by atoms with van der Waals surface area (Å²) in [5.74, 6) is 1.17. The molecule has 1 saturated heterocycles. The summed E-state index contributed by atoms with van der Waals surface area (Å²) < 4.78 is 5.29. The summed E-state index contributed by atoms with van der Waals surface area (Å²) in [5.41, 5.74) is 0.00768. The van der Waals surface area contributed by atoms with E-state index in [9.17, 15) is 9.90 Å². The molecule has 31 heavy (non-hydrogen) atoms. The number of piperazine rings is 1. The smallest absolute Gasteiger partial charge is 0.224 e. The molecule has 2 aromatic rings. The number of nitrogens with one attached hydrogen (secondary N) is 2. The maximum Gasteiger partial charge on any atom is 0.224 e. The summed E-state index contributed by atoms with van der Waals surface area (Å²) in [6.45, 7) is 8.09. The number of hydrogen-bond donors (Lipinski definition) is 3. The molecule has 0 radical (unpaired) electrons.